The Hall–Kier alpha value is -1.46. The predicted molar refractivity (Wildman–Crippen MR) is 102 cm³/mol. The first-order valence-corrected chi connectivity index (χ1v) is 10.3. The zero-order valence-electron chi connectivity index (χ0n) is 16.4. The Morgan fingerprint density at radius 1 is 1.36 bits per heavy atom. The van der Waals surface area contributed by atoms with Crippen LogP contribution in [0.5, 0.6) is 0 Å². The summed E-state index contributed by atoms with van der Waals surface area (Å²) in [6.07, 6.45) is 0.757. The number of nitrogens with one attached hydrogen (secondary N) is 1. The molecule has 1 aromatic rings. The highest BCUT2D eigenvalue weighted by molar-refractivity contribution is 7.59. The zero-order valence-corrected chi connectivity index (χ0v) is 17.3. The van der Waals surface area contributed by atoms with Gasteiger partial charge in [-0.25, -0.2) is 4.79 Å². The number of ether oxygens (including phenoxy) is 1. The lowest BCUT2D eigenvalue weighted by molar-refractivity contribution is -0.0243. The van der Waals surface area contributed by atoms with Gasteiger partial charge in [0.1, 0.15) is 26.1 Å². The van der Waals surface area contributed by atoms with Crippen molar-refractivity contribution in [2.75, 3.05) is 34.1 Å². The number of halogens is 1. The van der Waals surface area contributed by atoms with Gasteiger partial charge < -0.3 is 14.9 Å². The van der Waals surface area contributed by atoms with E-state index in [9.17, 15) is 18.9 Å². The second-order valence-corrected chi connectivity index (χ2v) is 7.89. The van der Waals surface area contributed by atoms with E-state index in [4.69, 9.17) is 24.0 Å². The summed E-state index contributed by atoms with van der Waals surface area (Å²) in [6.45, 7) is 7.18. The van der Waals surface area contributed by atoms with Crippen LogP contribution in [0, 0.1) is 5.82 Å². The summed E-state index contributed by atoms with van der Waals surface area (Å²) in [5.74, 6) is -1.06. The molecule has 0 spiro atoms. The number of nitrogens with zero attached hydrogens (tertiary/aromatic N) is 1. The van der Waals surface area contributed by atoms with E-state index in [-0.39, 0.29) is 19.3 Å². The Labute approximate surface area is 162 Å². The van der Waals surface area contributed by atoms with Crippen molar-refractivity contribution in [2.45, 2.75) is 32.1 Å². The molecule has 1 saturated heterocycles. The van der Waals surface area contributed by atoms with Crippen molar-refractivity contribution >= 4 is 7.94 Å². The summed E-state index contributed by atoms with van der Waals surface area (Å²) in [5, 5.41) is 14.0. The summed E-state index contributed by atoms with van der Waals surface area (Å²) in [7, 11) is -0.981. The van der Waals surface area contributed by atoms with Gasteiger partial charge in [0, 0.05) is 14.2 Å². The quantitative estimate of drug-likeness (QED) is 0.365. The molecule has 2 rings (SSSR count). The number of hydrogen-bond acceptors (Lipinski definition) is 8. The number of aromatic amines is 1. The van der Waals surface area contributed by atoms with Crippen LogP contribution in [0.25, 0.3) is 0 Å². The van der Waals surface area contributed by atoms with Crippen molar-refractivity contribution in [2.24, 2.45) is 0 Å². The molecule has 28 heavy (non-hydrogen) atoms. The molecular weight excluding hydrogens is 398 g/mol. The molecule has 1 fully saturated rings. The Morgan fingerprint density at radius 2 is 1.96 bits per heavy atom. The molecule has 0 amide bonds. The van der Waals surface area contributed by atoms with Crippen LogP contribution in [0.3, 0.4) is 0 Å². The van der Waals surface area contributed by atoms with Gasteiger partial charge in [-0.1, -0.05) is 12.2 Å². The number of hydrogen-bond donors (Lipinski definition) is 4. The van der Waals surface area contributed by atoms with Gasteiger partial charge in [-0.2, -0.15) is 18.3 Å². The first-order chi connectivity index (χ1) is 13.2. The fourth-order valence-electron chi connectivity index (χ4n) is 2.18. The number of H-pyrrole nitrogens is 1. The Kier molecular flexibility index (Phi) is 12.2. The Bertz CT molecular complexity index is 721. The lowest BCUT2D eigenvalue weighted by Crippen LogP contribution is -2.34. The molecule has 0 bridgehead atoms. The molecule has 1 aliphatic rings. The molecule has 1 aliphatic heterocycles. The first kappa shape index (κ1) is 26.5. The van der Waals surface area contributed by atoms with Crippen molar-refractivity contribution < 1.29 is 33.3 Å². The monoisotopic (exact) mass is 427 g/mol. The van der Waals surface area contributed by atoms with Gasteiger partial charge in [-0.05, 0) is 19.8 Å². The van der Waals surface area contributed by atoms with Gasteiger partial charge in [-0.15, -0.1) is 0 Å². The second-order valence-electron chi connectivity index (χ2n) is 5.76. The van der Waals surface area contributed by atoms with Gasteiger partial charge >= 0.3 is 13.6 Å². The number of aliphatic hydroxyl groups excluding tert-OH is 2. The summed E-state index contributed by atoms with van der Waals surface area (Å²) in [5.41, 5.74) is -1.04. The number of aliphatic hydroxyl groups is 2. The van der Waals surface area contributed by atoms with Crippen LogP contribution >= 0.6 is 7.94 Å². The van der Waals surface area contributed by atoms with E-state index in [1.165, 1.54) is 6.66 Å². The van der Waals surface area contributed by atoms with Crippen LogP contribution < -0.4 is 11.2 Å². The molecule has 0 radical (unpaired) electrons. The normalized spacial score (nSPS) is 20.3. The van der Waals surface area contributed by atoms with Gasteiger partial charge in [0.25, 0.3) is 5.56 Å². The second kappa shape index (κ2) is 12.9. The molecule has 10 nitrogen and oxygen atoms in total. The average Bonchev–Trinajstić information content (AvgIpc) is 3.14. The van der Waals surface area contributed by atoms with E-state index < -0.39 is 31.2 Å². The van der Waals surface area contributed by atoms with E-state index in [1.807, 2.05) is 4.98 Å². The van der Waals surface area contributed by atoms with Gasteiger partial charge in [0.2, 0.25) is 5.82 Å². The van der Waals surface area contributed by atoms with Crippen molar-refractivity contribution in [1.82, 2.24) is 9.55 Å². The third-order valence-corrected chi connectivity index (χ3v) is 4.61. The Balaban J connectivity index is 0.00000171. The van der Waals surface area contributed by atoms with Gasteiger partial charge in [0.15, 0.2) is 0 Å². The summed E-state index contributed by atoms with van der Waals surface area (Å²) < 4.78 is 30.6. The van der Waals surface area contributed by atoms with Crippen molar-refractivity contribution in [1.29, 1.82) is 0 Å². The maximum atomic E-state index is 13.3. The predicted octanol–water partition coefficient (Wildman–Crippen LogP) is 0.564. The third-order valence-electron chi connectivity index (χ3n) is 3.37. The Morgan fingerprint density at radius 3 is 2.54 bits per heavy atom. The zero-order chi connectivity index (χ0) is 21.9. The maximum Gasteiger partial charge on any atom is 0.406 e. The highest BCUT2D eigenvalue weighted by atomic mass is 31.2. The standard InChI is InChI=1S/C14H20FN2O6P.2CH4O/c1-9(2)7-21-24(3,20)22-8-10-4-5-12(23-10)17-6-11(15)13(18)16-14(17)19;2*1-2/h6,10,12,20H,1,4-5,7-8H2,2-3H3;2*2H,1H3/p+1. The lowest BCUT2D eigenvalue weighted by Gasteiger charge is -2.17. The third kappa shape index (κ3) is 8.70. The van der Waals surface area contributed by atoms with Crippen LogP contribution in [-0.2, 0) is 13.8 Å². The largest absolute Gasteiger partial charge is 0.406 e. The van der Waals surface area contributed by atoms with E-state index in [0.29, 0.717) is 12.8 Å². The minimum atomic E-state index is -2.98. The maximum absolute atomic E-state index is 13.3. The molecule has 3 atom stereocenters. The van der Waals surface area contributed by atoms with Gasteiger partial charge in [-0.3, -0.25) is 14.3 Å². The van der Waals surface area contributed by atoms with E-state index in [2.05, 4.69) is 6.58 Å². The SMILES string of the molecule is C=C(C)CO[P+](C)(O)OCC1CCC(n2cc(F)c(=O)[nH]c2=O)O1.CO.CO. The average molecular weight is 427 g/mol. The molecule has 1 aromatic heterocycles. The highest BCUT2D eigenvalue weighted by Gasteiger charge is 2.37. The molecule has 0 saturated carbocycles. The molecule has 12 heteroatoms. The molecule has 162 valence electrons. The van der Waals surface area contributed by atoms with E-state index in [0.717, 1.165) is 30.6 Å². The summed E-state index contributed by atoms with van der Waals surface area (Å²) >= 11 is 0. The van der Waals surface area contributed by atoms with Crippen LogP contribution in [0.4, 0.5) is 4.39 Å². The van der Waals surface area contributed by atoms with Crippen LogP contribution in [-0.4, -0.2) is 64.9 Å². The summed E-state index contributed by atoms with van der Waals surface area (Å²) in [6, 6.07) is 0. The van der Waals surface area contributed by atoms with E-state index in [1.54, 1.807) is 6.92 Å². The van der Waals surface area contributed by atoms with E-state index >= 15 is 0 Å². The van der Waals surface area contributed by atoms with Crippen LogP contribution in [0.15, 0.2) is 27.9 Å². The highest BCUT2D eigenvalue weighted by Crippen LogP contribution is 2.53. The summed E-state index contributed by atoms with van der Waals surface area (Å²) in [4.78, 5) is 34.7. The first-order valence-electron chi connectivity index (χ1n) is 8.26. The molecular formula is C16H29FN2O8P+. The van der Waals surface area contributed by atoms with Crippen LogP contribution in [0.1, 0.15) is 26.0 Å². The fourth-order valence-corrected chi connectivity index (χ4v) is 3.15. The van der Waals surface area contributed by atoms with Crippen LogP contribution in [0.2, 0.25) is 0 Å². The molecule has 0 aliphatic carbocycles. The van der Waals surface area contributed by atoms with Gasteiger partial charge in [0.05, 0.1) is 12.3 Å². The molecule has 0 aromatic carbocycles. The number of rotatable bonds is 7. The molecule has 3 unspecified atom stereocenters. The number of aromatic nitrogens is 2. The lowest BCUT2D eigenvalue weighted by atomic mass is 10.2. The molecule has 2 heterocycles. The van der Waals surface area contributed by atoms with Crippen molar-refractivity contribution in [3.05, 3.63) is 45.0 Å². The van der Waals surface area contributed by atoms with Crippen molar-refractivity contribution in [3.63, 3.8) is 0 Å². The molecule has 4 N–H and O–H groups in total. The van der Waals surface area contributed by atoms with Crippen molar-refractivity contribution in [3.8, 4) is 0 Å². The smallest absolute Gasteiger partial charge is 0.400 e. The minimum absolute atomic E-state index is 0.0774. The topological polar surface area (TPSA) is 143 Å². The fraction of sp³-hybridized carbons (Fsp3) is 0.625. The minimum Gasteiger partial charge on any atom is -0.400 e.